The molecule has 46 heavy (non-hydrogen) atoms. The number of pyridine rings is 2. The summed E-state index contributed by atoms with van der Waals surface area (Å²) in [6.07, 6.45) is 1.90. The van der Waals surface area contributed by atoms with Gasteiger partial charge in [0.1, 0.15) is 17.1 Å². The average Bonchev–Trinajstić information content (AvgIpc) is 3.04. The van der Waals surface area contributed by atoms with Crippen LogP contribution < -0.4 is 4.90 Å². The molecule has 7 rings (SSSR count). The number of phenols is 1. The van der Waals surface area contributed by atoms with Crippen molar-refractivity contribution in [2.45, 2.75) is 45.4 Å². The third-order valence-electron chi connectivity index (χ3n) is 8.71. The van der Waals surface area contributed by atoms with Gasteiger partial charge >= 0.3 is 0 Å². The minimum absolute atomic E-state index is 0. The van der Waals surface area contributed by atoms with Gasteiger partial charge in [-0.25, -0.2) is 4.98 Å². The van der Waals surface area contributed by atoms with Crippen LogP contribution in [0.15, 0.2) is 109 Å². The van der Waals surface area contributed by atoms with Gasteiger partial charge in [0.05, 0.1) is 0 Å². The zero-order valence-corrected chi connectivity index (χ0v) is 28.8. The SMILES string of the molecule is CC(C)(C)c1ccnc(N2c3[c-]c(-c4ccc5c(C#Cc6ccccc6)ccc(O)c5n4)ccc3C(C)(C)c3ccccc32)c1.[Pt]. The first kappa shape index (κ1) is 31.3. The van der Waals surface area contributed by atoms with E-state index < -0.39 is 0 Å². The van der Waals surface area contributed by atoms with Gasteiger partial charge in [-0.05, 0) is 75.8 Å². The van der Waals surface area contributed by atoms with E-state index in [1.807, 2.05) is 54.7 Å². The Morgan fingerprint density at radius 3 is 2.35 bits per heavy atom. The average molecular weight is 780 g/mol. The molecule has 0 spiro atoms. The Labute approximate surface area is 285 Å². The second kappa shape index (κ2) is 11.9. The molecule has 0 radical (unpaired) electrons. The van der Waals surface area contributed by atoms with Gasteiger partial charge in [-0.2, -0.15) is 0 Å². The van der Waals surface area contributed by atoms with Crippen molar-refractivity contribution in [1.82, 2.24) is 9.97 Å². The molecular formula is C41H34N3OPt-. The maximum absolute atomic E-state index is 10.9. The molecule has 4 aromatic carbocycles. The van der Waals surface area contributed by atoms with Crippen LogP contribution in [-0.2, 0) is 31.9 Å². The second-order valence-corrected chi connectivity index (χ2v) is 13.1. The molecule has 0 unspecified atom stereocenters. The molecule has 0 saturated carbocycles. The van der Waals surface area contributed by atoms with E-state index in [-0.39, 0.29) is 37.6 Å². The molecule has 0 bridgehead atoms. The van der Waals surface area contributed by atoms with Gasteiger partial charge in [-0.1, -0.05) is 101 Å². The molecule has 5 heteroatoms. The van der Waals surface area contributed by atoms with E-state index >= 15 is 0 Å². The Balaban J connectivity index is 0.00000372. The first-order chi connectivity index (χ1) is 21.6. The number of hydrogen-bond acceptors (Lipinski definition) is 4. The van der Waals surface area contributed by atoms with Crippen molar-refractivity contribution in [3.05, 3.63) is 143 Å². The van der Waals surface area contributed by atoms with Crippen molar-refractivity contribution in [1.29, 1.82) is 0 Å². The van der Waals surface area contributed by atoms with E-state index in [1.54, 1.807) is 6.07 Å². The summed E-state index contributed by atoms with van der Waals surface area (Å²) in [5.41, 5.74) is 9.20. The predicted molar refractivity (Wildman–Crippen MR) is 183 cm³/mol. The molecule has 1 N–H and O–H groups in total. The van der Waals surface area contributed by atoms with Gasteiger partial charge in [0.15, 0.2) is 0 Å². The molecule has 1 aliphatic heterocycles. The summed E-state index contributed by atoms with van der Waals surface area (Å²) < 4.78 is 0. The maximum atomic E-state index is 10.9. The maximum Gasteiger partial charge on any atom is 0.140 e. The van der Waals surface area contributed by atoms with Crippen molar-refractivity contribution in [3.8, 4) is 28.8 Å². The third kappa shape index (κ3) is 5.50. The molecule has 6 aromatic rings. The fourth-order valence-corrected chi connectivity index (χ4v) is 6.14. The fourth-order valence-electron chi connectivity index (χ4n) is 6.14. The zero-order valence-electron chi connectivity index (χ0n) is 26.5. The van der Waals surface area contributed by atoms with E-state index in [9.17, 15) is 5.11 Å². The summed E-state index contributed by atoms with van der Waals surface area (Å²) >= 11 is 0. The molecule has 0 amide bonds. The Morgan fingerprint density at radius 2 is 1.57 bits per heavy atom. The number of fused-ring (bicyclic) bond motifs is 3. The Morgan fingerprint density at radius 1 is 0.804 bits per heavy atom. The number of hydrogen-bond donors (Lipinski definition) is 1. The van der Waals surface area contributed by atoms with Crippen LogP contribution in [-0.4, -0.2) is 15.1 Å². The van der Waals surface area contributed by atoms with Gasteiger partial charge in [0, 0.05) is 49.5 Å². The van der Waals surface area contributed by atoms with E-state index in [0.29, 0.717) is 5.52 Å². The van der Waals surface area contributed by atoms with Crippen LogP contribution in [0.1, 0.15) is 62.4 Å². The molecule has 2 aromatic heterocycles. The summed E-state index contributed by atoms with van der Waals surface area (Å²) in [4.78, 5) is 12.0. The van der Waals surface area contributed by atoms with Crippen LogP contribution in [0.4, 0.5) is 17.2 Å². The Bertz CT molecular complexity index is 2150. The minimum atomic E-state index is -0.250. The number of phenolic OH excluding ortho intramolecular Hbond substituents is 1. The molecule has 1 aliphatic rings. The quantitative estimate of drug-likeness (QED) is 0.141. The minimum Gasteiger partial charge on any atom is -0.506 e. The van der Waals surface area contributed by atoms with Crippen molar-refractivity contribution >= 4 is 28.1 Å². The van der Waals surface area contributed by atoms with Crippen LogP contribution in [0.25, 0.3) is 22.2 Å². The molecular weight excluding hydrogens is 746 g/mol. The standard InChI is InChI=1S/C41H34N3O.Pt/c1-40(2,3)30-23-24-42-38(26-30)44-35-14-10-9-13-32(35)41(4,5)33-20-17-29(25-36(33)44)34-21-19-31-28(18-22-37(45)39(31)43-34)16-15-27-11-7-6-8-12-27;/h6-14,17-24,26,45H,1-5H3;/q-1;. The summed E-state index contributed by atoms with van der Waals surface area (Å²) in [5, 5.41) is 11.7. The number of benzene rings is 4. The molecule has 4 nitrogen and oxygen atoms in total. The monoisotopic (exact) mass is 779 g/mol. The zero-order chi connectivity index (χ0) is 31.3. The molecule has 0 fully saturated rings. The van der Waals surface area contributed by atoms with Gasteiger partial charge in [-0.3, -0.25) is 4.98 Å². The van der Waals surface area contributed by atoms with Crippen LogP contribution >= 0.6 is 0 Å². The molecule has 230 valence electrons. The van der Waals surface area contributed by atoms with Crippen molar-refractivity contribution in [2.75, 3.05) is 4.90 Å². The second-order valence-electron chi connectivity index (χ2n) is 13.1. The smallest absolute Gasteiger partial charge is 0.140 e. The van der Waals surface area contributed by atoms with E-state index in [4.69, 9.17) is 9.97 Å². The molecule has 0 atom stereocenters. The van der Waals surface area contributed by atoms with Crippen molar-refractivity contribution in [2.24, 2.45) is 0 Å². The fraction of sp³-hybridized carbons (Fsp3) is 0.171. The number of anilines is 3. The summed E-state index contributed by atoms with van der Waals surface area (Å²) in [6, 6.07) is 38.2. The topological polar surface area (TPSA) is 49.2 Å². The van der Waals surface area contributed by atoms with Crippen molar-refractivity contribution in [3.63, 3.8) is 0 Å². The van der Waals surface area contributed by atoms with Crippen LogP contribution in [0.3, 0.4) is 0 Å². The predicted octanol–water partition coefficient (Wildman–Crippen LogP) is 9.61. The Kier molecular flexibility index (Phi) is 8.09. The number of aromatic nitrogens is 2. The summed E-state index contributed by atoms with van der Waals surface area (Å²) in [6.45, 7) is 11.2. The number of aromatic hydroxyl groups is 1. The van der Waals surface area contributed by atoms with Gasteiger partial charge < -0.3 is 10.0 Å². The van der Waals surface area contributed by atoms with Gasteiger partial charge in [0.25, 0.3) is 0 Å². The molecule has 0 saturated heterocycles. The van der Waals surface area contributed by atoms with E-state index in [2.05, 4.69) is 106 Å². The van der Waals surface area contributed by atoms with E-state index in [1.165, 1.54) is 11.1 Å². The van der Waals surface area contributed by atoms with Crippen LogP contribution in [0.5, 0.6) is 5.75 Å². The normalized spacial score (nSPS) is 13.2. The third-order valence-corrected chi connectivity index (χ3v) is 8.71. The van der Waals surface area contributed by atoms with Gasteiger partial charge in [0.2, 0.25) is 0 Å². The number of para-hydroxylation sites is 1. The summed E-state index contributed by atoms with van der Waals surface area (Å²) in [5.74, 6) is 7.46. The first-order valence-corrected chi connectivity index (χ1v) is 15.2. The van der Waals surface area contributed by atoms with Crippen LogP contribution in [0.2, 0.25) is 0 Å². The molecule has 3 heterocycles. The Hall–Kier alpha value is -4.71. The van der Waals surface area contributed by atoms with Crippen LogP contribution in [0, 0.1) is 17.9 Å². The largest absolute Gasteiger partial charge is 0.506 e. The van der Waals surface area contributed by atoms with Crippen molar-refractivity contribution < 1.29 is 26.2 Å². The number of nitrogens with zero attached hydrogens (tertiary/aromatic N) is 3. The molecule has 0 aliphatic carbocycles. The summed E-state index contributed by atoms with van der Waals surface area (Å²) in [7, 11) is 0. The first-order valence-electron chi connectivity index (χ1n) is 15.2. The van der Waals surface area contributed by atoms with E-state index in [0.717, 1.165) is 50.5 Å². The van der Waals surface area contributed by atoms with Gasteiger partial charge in [-0.15, -0.1) is 23.8 Å². The number of rotatable bonds is 2.